The van der Waals surface area contributed by atoms with Crippen LogP contribution in [0.5, 0.6) is 10.8 Å². The number of benzene rings is 1. The fraction of sp³-hybridized carbons (Fsp3) is 0.231. The third-order valence-electron chi connectivity index (χ3n) is 2.71. The maximum Gasteiger partial charge on any atom is 0.336 e. The predicted octanol–water partition coefficient (Wildman–Crippen LogP) is 2.46. The van der Waals surface area contributed by atoms with E-state index in [0.717, 1.165) is 18.4 Å². The number of amides is 1. The summed E-state index contributed by atoms with van der Waals surface area (Å²) in [6, 6.07) is 4.31. The molecule has 136 valence electrons. The normalized spacial score (nSPS) is 11.4. The number of nitrogens with one attached hydrogen (secondary N) is 2. The van der Waals surface area contributed by atoms with Crippen LogP contribution in [0.25, 0.3) is 0 Å². The van der Waals surface area contributed by atoms with E-state index in [4.69, 9.17) is 16.3 Å². The number of aromatic nitrogens is 1. The molecule has 0 spiro atoms. The van der Waals surface area contributed by atoms with Crippen molar-refractivity contribution in [2.45, 2.75) is 6.92 Å². The van der Waals surface area contributed by atoms with E-state index >= 15 is 0 Å². The molecule has 8 nitrogen and oxygen atoms in total. The van der Waals surface area contributed by atoms with E-state index in [1.54, 1.807) is 6.92 Å². The summed E-state index contributed by atoms with van der Waals surface area (Å²) in [7, 11) is -2.82. The van der Waals surface area contributed by atoms with Crippen LogP contribution in [0.2, 0.25) is 5.02 Å². The second-order valence-electron chi connectivity index (χ2n) is 4.51. The van der Waals surface area contributed by atoms with Gasteiger partial charge in [0.25, 0.3) is 5.91 Å². The standard InChI is InChI=1S/C13H13ClFN3O5S2/c1-7-12(23-9-5-3-4-8(14)11(9)15)24-13(17-7)18-10(19)6-22-25(20,21)16-2/h3-5,16H,6H2,1-2H3,(H,17,18,19). The number of nitrogens with zero attached hydrogens (tertiary/aromatic N) is 1. The number of thiazole rings is 1. The highest BCUT2D eigenvalue weighted by molar-refractivity contribution is 7.84. The SMILES string of the molecule is CNS(=O)(=O)OCC(=O)Nc1nc(C)c(Oc2cccc(Cl)c2F)s1. The van der Waals surface area contributed by atoms with Crippen LogP contribution in [0.1, 0.15) is 5.69 Å². The summed E-state index contributed by atoms with van der Waals surface area (Å²) < 4.78 is 47.8. The maximum absolute atomic E-state index is 13.9. The lowest BCUT2D eigenvalue weighted by Crippen LogP contribution is -2.27. The van der Waals surface area contributed by atoms with Gasteiger partial charge in [-0.1, -0.05) is 29.0 Å². The number of rotatable bonds is 7. The monoisotopic (exact) mass is 409 g/mol. The highest BCUT2D eigenvalue weighted by atomic mass is 35.5. The molecular weight excluding hydrogens is 397 g/mol. The van der Waals surface area contributed by atoms with Crippen molar-refractivity contribution in [1.29, 1.82) is 0 Å². The second-order valence-corrected chi connectivity index (χ2v) is 7.44. The lowest BCUT2D eigenvalue weighted by Gasteiger charge is -2.05. The second kappa shape index (κ2) is 8.06. The minimum absolute atomic E-state index is 0.0828. The van der Waals surface area contributed by atoms with Gasteiger partial charge < -0.3 is 4.74 Å². The van der Waals surface area contributed by atoms with E-state index in [9.17, 15) is 17.6 Å². The van der Waals surface area contributed by atoms with Gasteiger partial charge in [-0.25, -0.2) is 13.6 Å². The van der Waals surface area contributed by atoms with Crippen LogP contribution in [0.4, 0.5) is 9.52 Å². The first-order chi connectivity index (χ1) is 11.7. The summed E-state index contributed by atoms with van der Waals surface area (Å²) in [4.78, 5) is 15.7. The summed E-state index contributed by atoms with van der Waals surface area (Å²) in [6.45, 7) is 0.882. The molecule has 0 saturated carbocycles. The molecule has 2 N–H and O–H groups in total. The van der Waals surface area contributed by atoms with Crippen LogP contribution in [0.3, 0.4) is 0 Å². The summed E-state index contributed by atoms with van der Waals surface area (Å²) in [5.74, 6) is -1.53. The molecular formula is C13H13ClFN3O5S2. The molecule has 2 aromatic rings. The van der Waals surface area contributed by atoms with E-state index < -0.39 is 28.6 Å². The number of carbonyl (C=O) groups excluding carboxylic acids is 1. The molecule has 0 bridgehead atoms. The first kappa shape index (κ1) is 19.5. The Labute approximate surface area is 152 Å². The van der Waals surface area contributed by atoms with Gasteiger partial charge in [0.2, 0.25) is 5.06 Å². The number of aryl methyl sites for hydroxylation is 1. The molecule has 0 aliphatic rings. The molecule has 1 amide bonds. The van der Waals surface area contributed by atoms with E-state index in [-0.39, 0.29) is 21.0 Å². The summed E-state index contributed by atoms with van der Waals surface area (Å²) in [5, 5.41) is 2.67. The van der Waals surface area contributed by atoms with Crippen LogP contribution in [-0.2, 0) is 19.3 Å². The number of carbonyl (C=O) groups is 1. The first-order valence-electron chi connectivity index (χ1n) is 6.69. The summed E-state index contributed by atoms with van der Waals surface area (Å²) >= 11 is 6.63. The molecule has 2 rings (SSSR count). The number of hydrogen-bond acceptors (Lipinski definition) is 7. The minimum atomic E-state index is -3.97. The maximum atomic E-state index is 13.9. The van der Waals surface area contributed by atoms with Gasteiger partial charge in [0.15, 0.2) is 16.7 Å². The van der Waals surface area contributed by atoms with Gasteiger partial charge in [-0.05, 0) is 19.1 Å². The van der Waals surface area contributed by atoms with Crippen LogP contribution in [0, 0.1) is 12.7 Å². The molecule has 0 aliphatic heterocycles. The molecule has 0 radical (unpaired) electrons. The third kappa shape index (κ3) is 5.34. The summed E-state index contributed by atoms with van der Waals surface area (Å²) in [5.41, 5.74) is 0.406. The Bertz CT molecular complexity index is 888. The average molecular weight is 410 g/mol. The Morgan fingerprint density at radius 3 is 2.84 bits per heavy atom. The summed E-state index contributed by atoms with van der Waals surface area (Å²) in [6.07, 6.45) is 0. The van der Waals surface area contributed by atoms with Gasteiger partial charge >= 0.3 is 10.3 Å². The Balaban J connectivity index is 2.04. The van der Waals surface area contributed by atoms with Gasteiger partial charge in [-0.15, -0.1) is 0 Å². The first-order valence-corrected chi connectivity index (χ1v) is 9.29. The minimum Gasteiger partial charge on any atom is -0.441 e. The zero-order valence-electron chi connectivity index (χ0n) is 13.0. The Morgan fingerprint density at radius 2 is 2.16 bits per heavy atom. The van der Waals surface area contributed by atoms with Gasteiger partial charge in [0.05, 0.1) is 10.7 Å². The molecule has 0 unspecified atom stereocenters. The molecule has 1 aromatic heterocycles. The highest BCUT2D eigenvalue weighted by Gasteiger charge is 2.16. The molecule has 0 atom stereocenters. The van der Waals surface area contributed by atoms with Crippen molar-refractivity contribution in [3.05, 3.63) is 34.7 Å². The van der Waals surface area contributed by atoms with Crippen LogP contribution in [0.15, 0.2) is 18.2 Å². The van der Waals surface area contributed by atoms with Crippen LogP contribution >= 0.6 is 22.9 Å². The van der Waals surface area contributed by atoms with Gasteiger partial charge in [-0.3, -0.25) is 10.1 Å². The van der Waals surface area contributed by atoms with Gasteiger partial charge in [0.1, 0.15) is 6.61 Å². The van der Waals surface area contributed by atoms with Gasteiger partial charge in [0, 0.05) is 7.05 Å². The lowest BCUT2D eigenvalue weighted by atomic mass is 10.3. The van der Waals surface area contributed by atoms with Crippen LogP contribution < -0.4 is 14.8 Å². The van der Waals surface area contributed by atoms with Crippen molar-refractivity contribution in [2.75, 3.05) is 19.0 Å². The van der Waals surface area contributed by atoms with E-state index in [2.05, 4.69) is 14.5 Å². The van der Waals surface area contributed by atoms with E-state index in [1.165, 1.54) is 18.2 Å². The highest BCUT2D eigenvalue weighted by Crippen LogP contribution is 2.36. The Kier molecular flexibility index (Phi) is 6.30. The molecule has 1 heterocycles. The molecule has 0 aliphatic carbocycles. The van der Waals surface area contributed by atoms with Crippen LogP contribution in [-0.4, -0.2) is 33.0 Å². The zero-order valence-corrected chi connectivity index (χ0v) is 15.4. The predicted molar refractivity (Wildman–Crippen MR) is 90.9 cm³/mol. The Hall–Kier alpha value is -1.79. The fourth-order valence-electron chi connectivity index (χ4n) is 1.54. The van der Waals surface area contributed by atoms with Gasteiger partial charge in [-0.2, -0.15) is 13.1 Å². The number of hydrogen-bond donors (Lipinski definition) is 2. The smallest absolute Gasteiger partial charge is 0.336 e. The lowest BCUT2D eigenvalue weighted by molar-refractivity contribution is -0.118. The fourth-order valence-corrected chi connectivity index (χ4v) is 2.93. The molecule has 0 saturated heterocycles. The molecule has 1 aromatic carbocycles. The molecule has 12 heteroatoms. The third-order valence-corrected chi connectivity index (χ3v) is 4.89. The number of anilines is 1. The largest absolute Gasteiger partial charge is 0.441 e. The van der Waals surface area contributed by atoms with Crippen molar-refractivity contribution >= 4 is 44.3 Å². The van der Waals surface area contributed by atoms with E-state index in [0.29, 0.717) is 5.69 Å². The number of halogens is 2. The topological polar surface area (TPSA) is 107 Å². The van der Waals surface area contributed by atoms with Crippen molar-refractivity contribution in [3.8, 4) is 10.8 Å². The van der Waals surface area contributed by atoms with Crippen molar-refractivity contribution < 1.29 is 26.5 Å². The zero-order chi connectivity index (χ0) is 18.6. The van der Waals surface area contributed by atoms with Crippen molar-refractivity contribution in [1.82, 2.24) is 9.71 Å². The molecule has 0 fully saturated rings. The van der Waals surface area contributed by atoms with Crippen molar-refractivity contribution in [3.63, 3.8) is 0 Å². The average Bonchev–Trinajstić information content (AvgIpc) is 2.89. The molecule has 25 heavy (non-hydrogen) atoms. The van der Waals surface area contributed by atoms with Crippen molar-refractivity contribution in [2.24, 2.45) is 0 Å². The quantitative estimate of drug-likeness (QED) is 0.727. The number of ether oxygens (including phenoxy) is 1. The Morgan fingerprint density at radius 1 is 1.44 bits per heavy atom. The van der Waals surface area contributed by atoms with E-state index in [1.807, 2.05) is 4.72 Å².